The number of ether oxygens (including phenoxy) is 3. The van der Waals surface area contributed by atoms with E-state index in [0.717, 1.165) is 5.56 Å². The summed E-state index contributed by atoms with van der Waals surface area (Å²) in [7, 11) is 1.22. The second kappa shape index (κ2) is 11.4. The molecule has 1 N–H and O–H groups in total. The van der Waals surface area contributed by atoms with E-state index in [1.165, 1.54) is 17.2 Å². The summed E-state index contributed by atoms with van der Waals surface area (Å²) in [5, 5.41) is 7.82. The molecular formula is C27H34N6O5Si. The SMILES string of the molecule is COc1cc2ncnc(Oc3cnn(CC(=O)Nc4cc(CO[Si](C)(C)C(C)(C)C)ccn4)c3)c2cc1OC. The minimum atomic E-state index is -1.89. The lowest BCUT2D eigenvalue weighted by atomic mass is 10.2. The molecule has 0 aliphatic heterocycles. The number of benzene rings is 1. The van der Waals surface area contributed by atoms with Crippen molar-refractivity contribution in [1.82, 2.24) is 24.7 Å². The van der Waals surface area contributed by atoms with E-state index in [4.69, 9.17) is 18.6 Å². The van der Waals surface area contributed by atoms with Crippen LogP contribution in [0.2, 0.25) is 18.1 Å². The molecule has 4 aromatic rings. The van der Waals surface area contributed by atoms with Gasteiger partial charge in [-0.2, -0.15) is 5.10 Å². The number of aromatic nitrogens is 5. The van der Waals surface area contributed by atoms with E-state index in [2.05, 4.69) is 59.2 Å². The van der Waals surface area contributed by atoms with E-state index in [1.54, 1.807) is 38.7 Å². The van der Waals surface area contributed by atoms with Crippen molar-refractivity contribution >= 4 is 30.9 Å². The number of hydrogen-bond donors (Lipinski definition) is 1. The van der Waals surface area contributed by atoms with Gasteiger partial charge in [0.1, 0.15) is 18.7 Å². The zero-order valence-corrected chi connectivity index (χ0v) is 24.3. The lowest BCUT2D eigenvalue weighted by Crippen LogP contribution is -2.40. The first kappa shape index (κ1) is 28.0. The van der Waals surface area contributed by atoms with Crippen LogP contribution in [0.1, 0.15) is 26.3 Å². The first-order valence-electron chi connectivity index (χ1n) is 12.4. The molecule has 11 nitrogen and oxygen atoms in total. The van der Waals surface area contributed by atoms with Crippen molar-refractivity contribution < 1.29 is 23.4 Å². The van der Waals surface area contributed by atoms with Crippen LogP contribution >= 0.6 is 0 Å². The third-order valence-corrected chi connectivity index (χ3v) is 11.2. The van der Waals surface area contributed by atoms with Crippen molar-refractivity contribution in [2.24, 2.45) is 0 Å². The van der Waals surface area contributed by atoms with Gasteiger partial charge in [-0.3, -0.25) is 9.48 Å². The van der Waals surface area contributed by atoms with Crippen molar-refractivity contribution in [1.29, 1.82) is 0 Å². The molecule has 0 spiro atoms. The number of rotatable bonds is 10. The van der Waals surface area contributed by atoms with Gasteiger partial charge in [0.25, 0.3) is 0 Å². The number of anilines is 1. The molecule has 0 unspecified atom stereocenters. The Hall–Kier alpha value is -4.03. The Morgan fingerprint density at radius 1 is 1.05 bits per heavy atom. The van der Waals surface area contributed by atoms with Gasteiger partial charge < -0.3 is 24.0 Å². The van der Waals surface area contributed by atoms with Crippen LogP contribution in [0.4, 0.5) is 5.82 Å². The van der Waals surface area contributed by atoms with Gasteiger partial charge in [-0.05, 0) is 41.9 Å². The molecule has 0 aliphatic carbocycles. The van der Waals surface area contributed by atoms with Crippen LogP contribution in [0, 0.1) is 0 Å². The van der Waals surface area contributed by atoms with Crippen molar-refractivity contribution in [3.8, 4) is 23.1 Å². The van der Waals surface area contributed by atoms with Gasteiger partial charge in [0.05, 0.1) is 44.1 Å². The highest BCUT2D eigenvalue weighted by molar-refractivity contribution is 6.74. The number of carbonyl (C=O) groups excluding carboxylic acids is 1. The molecule has 1 amide bonds. The third-order valence-electron chi connectivity index (χ3n) is 6.73. The summed E-state index contributed by atoms with van der Waals surface area (Å²) in [5.74, 6) is 2.00. The number of hydrogen-bond acceptors (Lipinski definition) is 9. The van der Waals surface area contributed by atoms with Crippen molar-refractivity contribution in [3.05, 3.63) is 54.7 Å². The van der Waals surface area contributed by atoms with Gasteiger partial charge in [-0.1, -0.05) is 20.8 Å². The maximum Gasteiger partial charge on any atom is 0.247 e. The first-order valence-corrected chi connectivity index (χ1v) is 15.4. The topological polar surface area (TPSA) is 123 Å². The number of carbonyl (C=O) groups is 1. The average Bonchev–Trinajstić information content (AvgIpc) is 3.32. The molecule has 39 heavy (non-hydrogen) atoms. The van der Waals surface area contributed by atoms with E-state index < -0.39 is 8.32 Å². The second-order valence-electron chi connectivity index (χ2n) is 10.5. The molecule has 0 saturated heterocycles. The zero-order chi connectivity index (χ0) is 28.2. The molecule has 0 fully saturated rings. The third kappa shape index (κ3) is 6.70. The molecule has 0 atom stereocenters. The molecule has 3 aromatic heterocycles. The Kier molecular flexibility index (Phi) is 8.16. The Morgan fingerprint density at radius 2 is 1.79 bits per heavy atom. The molecule has 0 saturated carbocycles. The Balaban J connectivity index is 1.39. The summed E-state index contributed by atoms with van der Waals surface area (Å²) >= 11 is 0. The molecule has 0 bridgehead atoms. The van der Waals surface area contributed by atoms with Crippen LogP contribution in [-0.4, -0.2) is 53.2 Å². The molecule has 0 aliphatic rings. The number of fused-ring (bicyclic) bond motifs is 1. The molecule has 0 radical (unpaired) electrons. The summed E-state index contributed by atoms with van der Waals surface area (Å²) in [6.07, 6.45) is 6.19. The fourth-order valence-electron chi connectivity index (χ4n) is 3.48. The molecule has 12 heteroatoms. The first-order chi connectivity index (χ1) is 18.5. The van der Waals surface area contributed by atoms with Gasteiger partial charge >= 0.3 is 0 Å². The van der Waals surface area contributed by atoms with E-state index in [9.17, 15) is 4.79 Å². The van der Waals surface area contributed by atoms with Crippen molar-refractivity contribution in [2.75, 3.05) is 19.5 Å². The fourth-order valence-corrected chi connectivity index (χ4v) is 4.44. The second-order valence-corrected chi connectivity index (χ2v) is 15.3. The van der Waals surface area contributed by atoms with E-state index in [1.807, 2.05) is 12.1 Å². The summed E-state index contributed by atoms with van der Waals surface area (Å²) < 4.78 is 24.4. The summed E-state index contributed by atoms with van der Waals surface area (Å²) in [6.45, 7) is 11.5. The average molecular weight is 551 g/mol. The largest absolute Gasteiger partial charge is 0.493 e. The predicted octanol–water partition coefficient (Wildman–Crippen LogP) is 5.19. The molecule has 1 aromatic carbocycles. The maximum absolute atomic E-state index is 12.7. The normalized spacial score (nSPS) is 11.9. The quantitative estimate of drug-likeness (QED) is 0.266. The van der Waals surface area contributed by atoms with Gasteiger partial charge in [0.2, 0.25) is 11.8 Å². The van der Waals surface area contributed by atoms with E-state index in [0.29, 0.717) is 46.5 Å². The molecule has 4 rings (SSSR count). The van der Waals surface area contributed by atoms with Gasteiger partial charge in [0, 0.05) is 12.3 Å². The Bertz CT molecular complexity index is 1470. The highest BCUT2D eigenvalue weighted by Crippen LogP contribution is 2.37. The van der Waals surface area contributed by atoms with Gasteiger partial charge in [0.15, 0.2) is 25.6 Å². The molecule has 206 valence electrons. The van der Waals surface area contributed by atoms with E-state index >= 15 is 0 Å². The standard InChI is InChI=1S/C27H34N6O5Si/c1-27(2,3)39(6,7)37-16-18-8-9-28-24(10-18)32-25(34)15-33-14-19(13-31-33)38-26-20-11-22(35-4)23(36-5)12-21(20)29-17-30-26/h8-14,17H,15-16H2,1-7H3,(H,28,32,34). The number of amides is 1. The van der Waals surface area contributed by atoms with Crippen molar-refractivity contribution in [3.63, 3.8) is 0 Å². The molecule has 3 heterocycles. The smallest absolute Gasteiger partial charge is 0.247 e. The highest BCUT2D eigenvalue weighted by atomic mass is 28.4. The summed E-state index contributed by atoms with van der Waals surface area (Å²) in [5.41, 5.74) is 1.58. The zero-order valence-electron chi connectivity index (χ0n) is 23.3. The van der Waals surface area contributed by atoms with Crippen LogP contribution < -0.4 is 19.5 Å². The lowest BCUT2D eigenvalue weighted by Gasteiger charge is -2.36. The highest BCUT2D eigenvalue weighted by Gasteiger charge is 2.37. The lowest BCUT2D eigenvalue weighted by molar-refractivity contribution is -0.116. The monoisotopic (exact) mass is 550 g/mol. The Morgan fingerprint density at radius 3 is 2.51 bits per heavy atom. The maximum atomic E-state index is 12.7. The predicted molar refractivity (Wildman–Crippen MR) is 150 cm³/mol. The summed E-state index contributed by atoms with van der Waals surface area (Å²) in [6, 6.07) is 7.22. The van der Waals surface area contributed by atoms with E-state index in [-0.39, 0.29) is 17.5 Å². The minimum absolute atomic E-state index is 0.0225. The minimum Gasteiger partial charge on any atom is -0.493 e. The van der Waals surface area contributed by atoms with Crippen LogP contribution in [0.5, 0.6) is 23.1 Å². The molecular weight excluding hydrogens is 516 g/mol. The van der Waals surface area contributed by atoms with Crippen LogP contribution in [0.15, 0.2) is 49.2 Å². The number of nitrogens with zero attached hydrogens (tertiary/aromatic N) is 5. The summed E-state index contributed by atoms with van der Waals surface area (Å²) in [4.78, 5) is 25.5. The number of methoxy groups -OCH3 is 2. The van der Waals surface area contributed by atoms with Crippen LogP contribution in [-0.2, 0) is 22.4 Å². The Labute approximate surface area is 228 Å². The number of nitrogens with one attached hydrogen (secondary N) is 1. The van der Waals surface area contributed by atoms with Crippen LogP contribution in [0.3, 0.4) is 0 Å². The fraction of sp³-hybridized carbons (Fsp3) is 0.370. The van der Waals surface area contributed by atoms with Crippen molar-refractivity contribution in [2.45, 2.75) is 52.1 Å². The van der Waals surface area contributed by atoms with Crippen LogP contribution in [0.25, 0.3) is 10.9 Å². The van der Waals surface area contributed by atoms with Gasteiger partial charge in [-0.15, -0.1) is 0 Å². The van der Waals surface area contributed by atoms with Gasteiger partial charge in [-0.25, -0.2) is 15.0 Å². The number of pyridine rings is 1.